The normalized spacial score (nSPS) is 11.3. The van der Waals surface area contributed by atoms with E-state index in [1.54, 1.807) is 24.3 Å². The third kappa shape index (κ3) is 10.8. The van der Waals surface area contributed by atoms with Gasteiger partial charge < -0.3 is 5.11 Å². The van der Waals surface area contributed by atoms with Crippen LogP contribution in [-0.2, 0) is 12.8 Å². The Hall–Kier alpha value is -2.49. The molecule has 0 bridgehead atoms. The van der Waals surface area contributed by atoms with Gasteiger partial charge in [-0.15, -0.1) is 0 Å². The first-order valence-corrected chi connectivity index (χ1v) is 13.0. The van der Waals surface area contributed by atoms with Crippen molar-refractivity contribution in [3.63, 3.8) is 0 Å². The molecule has 1 N–H and O–H groups in total. The topological polar surface area (TPSA) is 62.0 Å². The molecule has 0 aliphatic rings. The Labute approximate surface area is 200 Å². The fraction of sp³-hybridized carbons (Fsp3) is 0.552. The smallest absolute Gasteiger partial charge is 0.335 e. The monoisotopic (exact) mass is 450 g/mol. The van der Waals surface area contributed by atoms with Gasteiger partial charge in [0.25, 0.3) is 0 Å². The van der Waals surface area contributed by atoms with Crippen molar-refractivity contribution >= 4 is 17.3 Å². The van der Waals surface area contributed by atoms with Gasteiger partial charge in [0.05, 0.1) is 16.9 Å². The minimum atomic E-state index is -0.932. The Bertz CT molecular complexity index is 843. The molecule has 0 aliphatic heterocycles. The summed E-state index contributed by atoms with van der Waals surface area (Å²) in [5, 5.41) is 17.8. The lowest BCUT2D eigenvalue weighted by Crippen LogP contribution is -1.96. The van der Waals surface area contributed by atoms with Gasteiger partial charge >= 0.3 is 5.97 Å². The largest absolute Gasteiger partial charge is 0.478 e. The molecule has 0 aliphatic carbocycles. The molecule has 0 spiro atoms. The van der Waals surface area contributed by atoms with Gasteiger partial charge in [0, 0.05) is 0 Å². The van der Waals surface area contributed by atoms with Crippen molar-refractivity contribution in [2.24, 2.45) is 10.2 Å². The number of rotatable bonds is 17. The summed E-state index contributed by atoms with van der Waals surface area (Å²) >= 11 is 0. The Morgan fingerprint density at radius 3 is 1.70 bits per heavy atom. The van der Waals surface area contributed by atoms with E-state index >= 15 is 0 Å². The molecule has 0 radical (unpaired) electrons. The number of carboxylic acids is 1. The summed E-state index contributed by atoms with van der Waals surface area (Å²) in [6.07, 6.45) is 18.0. The van der Waals surface area contributed by atoms with Crippen LogP contribution in [0.25, 0.3) is 0 Å². The molecule has 4 nitrogen and oxygen atoms in total. The van der Waals surface area contributed by atoms with E-state index in [1.165, 1.54) is 88.2 Å². The highest BCUT2D eigenvalue weighted by atomic mass is 16.4. The minimum absolute atomic E-state index is 0.259. The summed E-state index contributed by atoms with van der Waals surface area (Å²) in [5.41, 5.74) is 4.66. The first-order valence-electron chi connectivity index (χ1n) is 13.0. The quantitative estimate of drug-likeness (QED) is 0.192. The number of aromatic carboxylic acids is 1. The standard InChI is InChI=1S/C29H42N2O2/c1-3-5-7-9-11-13-15-24-17-22-28(23-26(24)16-14-12-10-8-6-4-2)31-30-27-20-18-25(19-21-27)29(32)33/h17-23H,3-16H2,1-2H3,(H,32,33). The number of benzene rings is 2. The summed E-state index contributed by atoms with van der Waals surface area (Å²) in [4.78, 5) is 11.0. The molecule has 0 saturated heterocycles. The maximum absolute atomic E-state index is 11.0. The molecule has 0 aromatic heterocycles. The molecule has 0 heterocycles. The molecule has 0 unspecified atom stereocenters. The van der Waals surface area contributed by atoms with E-state index in [0.717, 1.165) is 18.5 Å². The fourth-order valence-corrected chi connectivity index (χ4v) is 4.13. The molecule has 0 saturated carbocycles. The second-order valence-electron chi connectivity index (χ2n) is 9.04. The van der Waals surface area contributed by atoms with Crippen molar-refractivity contribution in [1.29, 1.82) is 0 Å². The molecule has 0 atom stereocenters. The molecule has 33 heavy (non-hydrogen) atoms. The highest BCUT2D eigenvalue weighted by Crippen LogP contribution is 2.25. The Kier molecular flexibility index (Phi) is 13.1. The molecule has 2 rings (SSSR count). The first kappa shape index (κ1) is 26.8. The highest BCUT2D eigenvalue weighted by Gasteiger charge is 2.06. The van der Waals surface area contributed by atoms with Crippen LogP contribution in [-0.4, -0.2) is 11.1 Å². The maximum atomic E-state index is 11.0. The molecule has 4 heteroatoms. The molecule has 2 aromatic carbocycles. The second kappa shape index (κ2) is 16.2. The van der Waals surface area contributed by atoms with E-state index < -0.39 is 5.97 Å². The van der Waals surface area contributed by atoms with Gasteiger partial charge in [-0.3, -0.25) is 0 Å². The van der Waals surface area contributed by atoms with Gasteiger partial charge in [0.1, 0.15) is 0 Å². The lowest BCUT2D eigenvalue weighted by Gasteiger charge is -2.11. The van der Waals surface area contributed by atoms with Crippen molar-refractivity contribution < 1.29 is 9.90 Å². The lowest BCUT2D eigenvalue weighted by molar-refractivity contribution is 0.0697. The summed E-state index contributed by atoms with van der Waals surface area (Å²) in [7, 11) is 0. The van der Waals surface area contributed by atoms with Gasteiger partial charge in [-0.1, -0.05) is 84.1 Å². The summed E-state index contributed by atoms with van der Waals surface area (Å²) in [6, 6.07) is 13.0. The van der Waals surface area contributed by atoms with Gasteiger partial charge in [0.15, 0.2) is 0 Å². The van der Waals surface area contributed by atoms with Crippen LogP contribution in [0.4, 0.5) is 11.4 Å². The third-order valence-corrected chi connectivity index (χ3v) is 6.18. The van der Waals surface area contributed by atoms with Crippen molar-refractivity contribution in [3.05, 3.63) is 59.2 Å². The average molecular weight is 451 g/mol. The van der Waals surface area contributed by atoms with Gasteiger partial charge in [-0.05, 0) is 73.2 Å². The van der Waals surface area contributed by atoms with Crippen LogP contribution in [0.2, 0.25) is 0 Å². The van der Waals surface area contributed by atoms with E-state index in [1.807, 2.05) is 0 Å². The average Bonchev–Trinajstić information content (AvgIpc) is 2.83. The lowest BCUT2D eigenvalue weighted by atomic mass is 9.96. The number of unbranched alkanes of at least 4 members (excludes halogenated alkanes) is 10. The van der Waals surface area contributed by atoms with Crippen molar-refractivity contribution in [1.82, 2.24) is 0 Å². The molecule has 180 valence electrons. The molecule has 0 amide bonds. The number of carboxylic acid groups (broad SMARTS) is 1. The van der Waals surface area contributed by atoms with E-state index in [9.17, 15) is 4.79 Å². The SMILES string of the molecule is CCCCCCCCc1ccc(N=Nc2ccc(C(=O)O)cc2)cc1CCCCCCCC. The third-order valence-electron chi connectivity index (χ3n) is 6.18. The first-order chi connectivity index (χ1) is 16.1. The predicted molar refractivity (Wildman–Crippen MR) is 138 cm³/mol. The van der Waals surface area contributed by atoms with Gasteiger partial charge in [0.2, 0.25) is 0 Å². The number of carbonyl (C=O) groups is 1. The molecule has 2 aromatic rings. The Balaban J connectivity index is 2.00. The van der Waals surface area contributed by atoms with Crippen LogP contribution in [0.5, 0.6) is 0 Å². The number of hydrogen-bond donors (Lipinski definition) is 1. The molecule has 0 fully saturated rings. The number of azo groups is 1. The van der Waals surface area contributed by atoms with E-state index in [-0.39, 0.29) is 5.56 Å². The summed E-state index contributed by atoms with van der Waals surface area (Å²) < 4.78 is 0. The molecular weight excluding hydrogens is 408 g/mol. The molecular formula is C29H42N2O2. The van der Waals surface area contributed by atoms with Crippen LogP contribution in [0, 0.1) is 0 Å². The van der Waals surface area contributed by atoms with E-state index in [0.29, 0.717) is 5.69 Å². The van der Waals surface area contributed by atoms with Crippen LogP contribution in [0.15, 0.2) is 52.7 Å². The second-order valence-corrected chi connectivity index (χ2v) is 9.04. The zero-order valence-electron chi connectivity index (χ0n) is 20.7. The van der Waals surface area contributed by atoms with Crippen molar-refractivity contribution in [2.75, 3.05) is 0 Å². The number of hydrogen-bond acceptors (Lipinski definition) is 3. The number of aryl methyl sites for hydroxylation is 2. The highest BCUT2D eigenvalue weighted by molar-refractivity contribution is 5.87. The van der Waals surface area contributed by atoms with Crippen LogP contribution in [0.1, 0.15) is 112 Å². The van der Waals surface area contributed by atoms with E-state index in [4.69, 9.17) is 5.11 Å². The van der Waals surface area contributed by atoms with Gasteiger partial charge in [-0.2, -0.15) is 10.2 Å². The summed E-state index contributed by atoms with van der Waals surface area (Å²) in [6.45, 7) is 4.52. The van der Waals surface area contributed by atoms with Crippen molar-refractivity contribution in [3.8, 4) is 0 Å². The maximum Gasteiger partial charge on any atom is 0.335 e. The van der Waals surface area contributed by atoms with Gasteiger partial charge in [-0.25, -0.2) is 4.79 Å². The van der Waals surface area contributed by atoms with E-state index in [2.05, 4.69) is 42.3 Å². The number of nitrogens with zero attached hydrogens (tertiary/aromatic N) is 2. The van der Waals surface area contributed by atoms with Crippen molar-refractivity contribution in [2.45, 2.75) is 104 Å². The Morgan fingerprint density at radius 2 is 1.12 bits per heavy atom. The zero-order chi connectivity index (χ0) is 23.7. The predicted octanol–water partition coefficient (Wildman–Crippen LogP) is 9.61. The minimum Gasteiger partial charge on any atom is -0.478 e. The van der Waals surface area contributed by atoms with Crippen LogP contribution < -0.4 is 0 Å². The van der Waals surface area contributed by atoms with Crippen LogP contribution >= 0.6 is 0 Å². The zero-order valence-corrected chi connectivity index (χ0v) is 20.7. The fourth-order valence-electron chi connectivity index (χ4n) is 4.13. The summed E-state index contributed by atoms with van der Waals surface area (Å²) in [5.74, 6) is -0.932. The van der Waals surface area contributed by atoms with Crippen LogP contribution in [0.3, 0.4) is 0 Å². The Morgan fingerprint density at radius 1 is 0.636 bits per heavy atom.